The lowest BCUT2D eigenvalue weighted by Crippen LogP contribution is -2.30. The van der Waals surface area contributed by atoms with E-state index in [-0.39, 0.29) is 18.8 Å². The summed E-state index contributed by atoms with van der Waals surface area (Å²) in [6, 6.07) is 0. The maximum atomic E-state index is 12.0. The molecule has 0 radical (unpaired) electrons. The van der Waals surface area contributed by atoms with E-state index in [1.807, 2.05) is 0 Å². The highest BCUT2D eigenvalue weighted by atomic mass is 31.2. The van der Waals surface area contributed by atoms with Gasteiger partial charge in [-0.25, -0.2) is 4.79 Å². The van der Waals surface area contributed by atoms with Gasteiger partial charge in [-0.05, 0) is 6.92 Å². The van der Waals surface area contributed by atoms with E-state index in [9.17, 15) is 14.3 Å². The number of anilines is 1. The fourth-order valence-corrected chi connectivity index (χ4v) is 2.93. The van der Waals surface area contributed by atoms with Crippen molar-refractivity contribution in [2.45, 2.75) is 31.8 Å². The van der Waals surface area contributed by atoms with Crippen molar-refractivity contribution in [2.24, 2.45) is 0 Å². The van der Waals surface area contributed by atoms with E-state index in [2.05, 4.69) is 9.51 Å². The van der Waals surface area contributed by atoms with Crippen LogP contribution in [0.3, 0.4) is 0 Å². The number of rotatable bonds is 6. The van der Waals surface area contributed by atoms with Crippen LogP contribution < -0.4 is 16.3 Å². The van der Waals surface area contributed by atoms with E-state index in [0.717, 1.165) is 7.11 Å². The number of aryl methyl sites for hydroxylation is 1. The first-order chi connectivity index (χ1) is 10.8. The number of hydrogen-bond acceptors (Lipinski definition) is 9. The lowest BCUT2D eigenvalue weighted by Gasteiger charge is -2.26. The fourth-order valence-electron chi connectivity index (χ4n) is 2.29. The molecule has 1 unspecified atom stereocenters. The highest BCUT2D eigenvalue weighted by Crippen LogP contribution is 2.44. The summed E-state index contributed by atoms with van der Waals surface area (Å²) in [5, 5.41) is 0. The van der Waals surface area contributed by atoms with Gasteiger partial charge in [-0.2, -0.15) is 4.98 Å². The zero-order valence-corrected chi connectivity index (χ0v) is 13.9. The molecule has 11 heteroatoms. The van der Waals surface area contributed by atoms with Crippen molar-refractivity contribution in [2.75, 3.05) is 26.6 Å². The van der Waals surface area contributed by atoms with Crippen LogP contribution >= 0.6 is 7.82 Å². The van der Waals surface area contributed by atoms with E-state index in [4.69, 9.17) is 19.7 Å². The average molecular weight is 348 g/mol. The number of nitrogen functional groups attached to an aromatic ring is 1. The van der Waals surface area contributed by atoms with Gasteiger partial charge in [-0.15, -0.1) is 0 Å². The number of hydrogen-bond donors (Lipinski definition) is 1. The summed E-state index contributed by atoms with van der Waals surface area (Å²) in [4.78, 5) is 27.2. The van der Waals surface area contributed by atoms with Crippen molar-refractivity contribution < 1.29 is 28.0 Å². The molecule has 23 heavy (non-hydrogen) atoms. The Hall–Kier alpha value is -1.29. The average Bonchev–Trinajstić information content (AvgIpc) is 2.85. The molecule has 1 aliphatic rings. The van der Waals surface area contributed by atoms with Gasteiger partial charge in [0.2, 0.25) is 0 Å². The van der Waals surface area contributed by atoms with Crippen molar-refractivity contribution in [1.29, 1.82) is 0 Å². The molecule has 2 heterocycles. The number of aromatic nitrogens is 2. The number of methoxy groups -OCH3 is 1. The molecule has 1 saturated heterocycles. The maximum Gasteiger partial charge on any atom is 0.351 e. The molecule has 1 aromatic rings. The minimum atomic E-state index is -4.44. The van der Waals surface area contributed by atoms with E-state index >= 15 is 0 Å². The summed E-state index contributed by atoms with van der Waals surface area (Å²) >= 11 is 0. The first kappa shape index (κ1) is 18.1. The standard InChI is InChI=1S/C12H20N3O7P/c1-7-5-15(12(16)14-11(7)13)10-4-8(9(21-10)6-19-2)22-23(17,18)20-3/h5,8-10H,4,6H2,1-3H3,(H,17,18)(H2,13,14,16)/p-1/t8-,9-,10-/m1/s1. The number of phosphoric ester groups is 1. The van der Waals surface area contributed by atoms with E-state index in [1.165, 1.54) is 17.9 Å². The Bertz CT molecular complexity index is 665. The molecule has 1 aliphatic heterocycles. The highest BCUT2D eigenvalue weighted by molar-refractivity contribution is 7.45. The van der Waals surface area contributed by atoms with Crippen LogP contribution in [0.2, 0.25) is 0 Å². The summed E-state index contributed by atoms with van der Waals surface area (Å²) < 4.78 is 32.7. The molecular weight excluding hydrogens is 329 g/mol. The number of phosphoric acid groups is 1. The van der Waals surface area contributed by atoms with Gasteiger partial charge in [0.25, 0.3) is 7.82 Å². The topological polar surface area (TPSA) is 138 Å². The van der Waals surface area contributed by atoms with Crippen LogP contribution in [0.15, 0.2) is 11.0 Å². The normalized spacial score (nSPS) is 27.0. The van der Waals surface area contributed by atoms with E-state index < -0.39 is 31.9 Å². The first-order valence-corrected chi connectivity index (χ1v) is 8.28. The van der Waals surface area contributed by atoms with Gasteiger partial charge in [0.1, 0.15) is 18.1 Å². The summed E-state index contributed by atoms with van der Waals surface area (Å²) in [5.41, 5.74) is 5.60. The fraction of sp³-hybridized carbons (Fsp3) is 0.667. The summed E-state index contributed by atoms with van der Waals surface area (Å²) in [6.45, 7) is 1.80. The van der Waals surface area contributed by atoms with Gasteiger partial charge in [0.05, 0.1) is 12.7 Å². The Kier molecular flexibility index (Phi) is 5.56. The second-order valence-corrected chi connectivity index (χ2v) is 6.56. The smallest absolute Gasteiger partial charge is 0.351 e. The molecule has 0 saturated carbocycles. The molecule has 0 aliphatic carbocycles. The van der Waals surface area contributed by atoms with Gasteiger partial charge in [-0.1, -0.05) is 0 Å². The van der Waals surface area contributed by atoms with Crippen LogP contribution in [-0.2, 0) is 23.1 Å². The summed E-state index contributed by atoms with van der Waals surface area (Å²) in [6.07, 6.45) is -0.625. The van der Waals surface area contributed by atoms with Gasteiger partial charge >= 0.3 is 5.69 Å². The largest absolute Gasteiger partial charge is 0.756 e. The highest BCUT2D eigenvalue weighted by Gasteiger charge is 2.39. The molecule has 1 fully saturated rings. The van der Waals surface area contributed by atoms with Gasteiger partial charge in [-0.3, -0.25) is 9.13 Å². The molecule has 2 rings (SSSR count). The Morgan fingerprint density at radius 2 is 2.26 bits per heavy atom. The Labute approximate surface area is 132 Å². The lowest BCUT2D eigenvalue weighted by molar-refractivity contribution is -0.229. The Morgan fingerprint density at radius 3 is 2.87 bits per heavy atom. The van der Waals surface area contributed by atoms with Crippen molar-refractivity contribution in [3.05, 3.63) is 22.2 Å². The van der Waals surface area contributed by atoms with Crippen molar-refractivity contribution in [3.8, 4) is 0 Å². The number of nitrogens with zero attached hydrogens (tertiary/aromatic N) is 2. The molecule has 4 atom stereocenters. The van der Waals surface area contributed by atoms with Gasteiger partial charge in [0, 0.05) is 32.4 Å². The third-order valence-electron chi connectivity index (χ3n) is 3.48. The third kappa shape index (κ3) is 4.17. The molecule has 0 aromatic carbocycles. The van der Waals surface area contributed by atoms with Crippen molar-refractivity contribution in [3.63, 3.8) is 0 Å². The van der Waals surface area contributed by atoms with Gasteiger partial charge < -0.3 is 29.1 Å². The van der Waals surface area contributed by atoms with Crippen LogP contribution in [0.25, 0.3) is 0 Å². The van der Waals surface area contributed by atoms with Crippen molar-refractivity contribution in [1.82, 2.24) is 9.55 Å². The minimum absolute atomic E-state index is 0.0982. The number of nitrogens with two attached hydrogens (primary N) is 1. The second-order valence-electron chi connectivity index (χ2n) is 5.09. The predicted octanol–water partition coefficient (Wildman–Crippen LogP) is -0.432. The Morgan fingerprint density at radius 1 is 1.57 bits per heavy atom. The zero-order valence-electron chi connectivity index (χ0n) is 13.0. The molecule has 1 aromatic heterocycles. The molecular formula is C12H19N3O7P-. The van der Waals surface area contributed by atoms with Gasteiger partial charge in [0.15, 0.2) is 0 Å². The van der Waals surface area contributed by atoms with Crippen LogP contribution in [0.4, 0.5) is 5.82 Å². The minimum Gasteiger partial charge on any atom is -0.756 e. The molecule has 0 bridgehead atoms. The van der Waals surface area contributed by atoms with Crippen LogP contribution in [-0.4, -0.2) is 42.6 Å². The van der Waals surface area contributed by atoms with E-state index in [0.29, 0.717) is 5.56 Å². The maximum absolute atomic E-state index is 12.0. The summed E-state index contributed by atoms with van der Waals surface area (Å²) in [7, 11) is -1.99. The quantitative estimate of drug-likeness (QED) is 0.678. The SMILES string of the molecule is COC[C@H]1O[C@@H](n2cc(C)c(N)nc2=O)C[C@H]1OP(=O)([O-])OC. The third-order valence-corrected chi connectivity index (χ3v) is 4.46. The van der Waals surface area contributed by atoms with E-state index in [1.54, 1.807) is 6.92 Å². The molecule has 130 valence electrons. The molecule has 10 nitrogen and oxygen atoms in total. The monoisotopic (exact) mass is 348 g/mol. The van der Waals surface area contributed by atoms with Crippen LogP contribution in [0, 0.1) is 6.92 Å². The molecule has 2 N–H and O–H groups in total. The molecule has 0 amide bonds. The summed E-state index contributed by atoms with van der Waals surface area (Å²) in [5.74, 6) is 0.133. The predicted molar refractivity (Wildman–Crippen MR) is 77.5 cm³/mol. The molecule has 0 spiro atoms. The zero-order chi connectivity index (χ0) is 17.2. The number of ether oxygens (including phenoxy) is 2. The lowest BCUT2D eigenvalue weighted by atomic mass is 10.2. The van der Waals surface area contributed by atoms with Crippen molar-refractivity contribution >= 4 is 13.6 Å². The Balaban J connectivity index is 2.24. The second kappa shape index (κ2) is 7.08. The van der Waals surface area contributed by atoms with Crippen LogP contribution in [0.1, 0.15) is 18.2 Å². The van der Waals surface area contributed by atoms with Crippen LogP contribution in [0.5, 0.6) is 0 Å². The first-order valence-electron chi connectivity index (χ1n) is 6.82.